The van der Waals surface area contributed by atoms with E-state index in [1.54, 1.807) is 6.92 Å². The molecule has 0 bridgehead atoms. The van der Waals surface area contributed by atoms with Gasteiger partial charge in [-0.2, -0.15) is 9.90 Å². The normalized spacial score (nSPS) is 11.5. The van der Waals surface area contributed by atoms with Crippen molar-refractivity contribution in [2.24, 2.45) is 0 Å². The van der Waals surface area contributed by atoms with Gasteiger partial charge < -0.3 is 4.74 Å². The quantitative estimate of drug-likeness (QED) is 0.732. The molecule has 96 valence electrons. The van der Waals surface area contributed by atoms with E-state index >= 15 is 0 Å². The van der Waals surface area contributed by atoms with Gasteiger partial charge in [0.25, 0.3) is 0 Å². The molecule has 6 nitrogen and oxygen atoms in total. The standard InChI is InChI=1S/C8H10F3N3O3/c1-2-16-7(15)6-5-12-14(13-6)3-4-17-8(9,10)11/h5H,2-4H2,1H3. The highest BCUT2D eigenvalue weighted by atomic mass is 19.4. The van der Waals surface area contributed by atoms with Crippen molar-refractivity contribution in [1.82, 2.24) is 15.0 Å². The van der Waals surface area contributed by atoms with E-state index in [0.717, 1.165) is 11.0 Å². The van der Waals surface area contributed by atoms with Crippen LogP contribution >= 0.6 is 0 Å². The van der Waals surface area contributed by atoms with Crippen molar-refractivity contribution >= 4 is 5.97 Å². The summed E-state index contributed by atoms with van der Waals surface area (Å²) >= 11 is 0. The van der Waals surface area contributed by atoms with Gasteiger partial charge in [0.05, 0.1) is 26.0 Å². The van der Waals surface area contributed by atoms with Gasteiger partial charge in [-0.05, 0) is 6.92 Å². The second-order valence-electron chi connectivity index (χ2n) is 2.84. The Balaban J connectivity index is 2.43. The molecule has 0 amide bonds. The summed E-state index contributed by atoms with van der Waals surface area (Å²) in [5.41, 5.74) is -0.0566. The van der Waals surface area contributed by atoms with Crippen LogP contribution in [0.2, 0.25) is 0 Å². The molecular formula is C8H10F3N3O3. The van der Waals surface area contributed by atoms with E-state index < -0.39 is 18.9 Å². The van der Waals surface area contributed by atoms with E-state index in [0.29, 0.717) is 0 Å². The van der Waals surface area contributed by atoms with Gasteiger partial charge in [-0.3, -0.25) is 4.74 Å². The number of hydrogen-bond donors (Lipinski definition) is 0. The first kappa shape index (κ1) is 13.4. The zero-order valence-electron chi connectivity index (χ0n) is 8.90. The average Bonchev–Trinajstić information content (AvgIpc) is 2.65. The van der Waals surface area contributed by atoms with Crippen LogP contribution < -0.4 is 0 Å². The summed E-state index contributed by atoms with van der Waals surface area (Å²) in [7, 11) is 0. The number of esters is 1. The van der Waals surface area contributed by atoms with Crippen molar-refractivity contribution in [3.8, 4) is 0 Å². The molecule has 0 unspecified atom stereocenters. The van der Waals surface area contributed by atoms with E-state index in [9.17, 15) is 18.0 Å². The third-order valence-electron chi connectivity index (χ3n) is 1.58. The van der Waals surface area contributed by atoms with Crippen molar-refractivity contribution in [3.05, 3.63) is 11.9 Å². The van der Waals surface area contributed by atoms with Crippen LogP contribution in [0.1, 0.15) is 17.4 Å². The fraction of sp³-hybridized carbons (Fsp3) is 0.625. The van der Waals surface area contributed by atoms with E-state index in [4.69, 9.17) is 0 Å². The Kier molecular flexibility index (Phi) is 4.44. The van der Waals surface area contributed by atoms with Crippen LogP contribution in [-0.2, 0) is 16.0 Å². The molecule has 0 radical (unpaired) electrons. The third-order valence-corrected chi connectivity index (χ3v) is 1.58. The first-order valence-corrected chi connectivity index (χ1v) is 4.70. The minimum Gasteiger partial charge on any atom is -0.461 e. The second-order valence-corrected chi connectivity index (χ2v) is 2.84. The highest BCUT2D eigenvalue weighted by molar-refractivity contribution is 5.86. The summed E-state index contributed by atoms with van der Waals surface area (Å²) in [5.74, 6) is -0.671. The molecule has 0 atom stereocenters. The predicted octanol–water partition coefficient (Wildman–Crippen LogP) is 0.991. The molecule has 0 aliphatic rings. The van der Waals surface area contributed by atoms with E-state index in [1.807, 2.05) is 0 Å². The minimum absolute atomic E-state index is 0.0566. The van der Waals surface area contributed by atoms with Crippen LogP contribution in [0, 0.1) is 0 Å². The first-order valence-electron chi connectivity index (χ1n) is 4.70. The Morgan fingerprint density at radius 1 is 1.53 bits per heavy atom. The van der Waals surface area contributed by atoms with Crippen LogP contribution in [0.4, 0.5) is 13.2 Å². The predicted molar refractivity (Wildman–Crippen MR) is 48.0 cm³/mol. The van der Waals surface area contributed by atoms with Gasteiger partial charge >= 0.3 is 12.3 Å². The summed E-state index contributed by atoms with van der Waals surface area (Å²) in [6, 6.07) is 0. The van der Waals surface area contributed by atoms with Gasteiger partial charge in [-0.25, -0.2) is 4.79 Å². The maximum atomic E-state index is 11.6. The topological polar surface area (TPSA) is 66.2 Å². The molecule has 0 aliphatic heterocycles. The minimum atomic E-state index is -4.68. The Morgan fingerprint density at radius 3 is 2.82 bits per heavy atom. The smallest absolute Gasteiger partial charge is 0.461 e. The lowest BCUT2D eigenvalue weighted by Gasteiger charge is -2.05. The average molecular weight is 253 g/mol. The highest BCUT2D eigenvalue weighted by Crippen LogP contribution is 2.15. The number of rotatable bonds is 5. The van der Waals surface area contributed by atoms with Gasteiger partial charge in [-0.15, -0.1) is 18.3 Å². The SMILES string of the molecule is CCOC(=O)c1cnn(CCOC(F)(F)F)n1. The maximum Gasteiger partial charge on any atom is 0.522 e. The summed E-state index contributed by atoms with van der Waals surface area (Å²) in [6.07, 6.45) is -3.57. The Morgan fingerprint density at radius 2 is 2.24 bits per heavy atom. The van der Waals surface area contributed by atoms with Gasteiger partial charge in [0, 0.05) is 0 Å². The van der Waals surface area contributed by atoms with Gasteiger partial charge in [0.1, 0.15) is 0 Å². The zero-order chi connectivity index (χ0) is 12.9. The summed E-state index contributed by atoms with van der Waals surface area (Å²) in [5, 5.41) is 7.23. The highest BCUT2D eigenvalue weighted by Gasteiger charge is 2.28. The van der Waals surface area contributed by atoms with Gasteiger partial charge in [0.15, 0.2) is 5.69 Å². The van der Waals surface area contributed by atoms with Crippen LogP contribution in [-0.4, -0.2) is 40.5 Å². The lowest BCUT2D eigenvalue weighted by Crippen LogP contribution is -2.18. The number of halogens is 3. The van der Waals surface area contributed by atoms with E-state index in [1.165, 1.54) is 0 Å². The molecular weight excluding hydrogens is 243 g/mol. The molecule has 0 saturated carbocycles. The number of carbonyl (C=O) groups excluding carboxylic acids is 1. The zero-order valence-corrected chi connectivity index (χ0v) is 8.90. The maximum absolute atomic E-state index is 11.6. The molecule has 0 aliphatic carbocycles. The number of alkyl halides is 3. The molecule has 0 N–H and O–H groups in total. The molecule has 1 rings (SSSR count). The number of carbonyl (C=O) groups is 1. The molecule has 9 heteroatoms. The van der Waals surface area contributed by atoms with E-state index in [2.05, 4.69) is 19.7 Å². The lowest BCUT2D eigenvalue weighted by molar-refractivity contribution is -0.325. The Hall–Kier alpha value is -1.64. The van der Waals surface area contributed by atoms with Crippen LogP contribution in [0.5, 0.6) is 0 Å². The van der Waals surface area contributed by atoms with Crippen LogP contribution in [0.3, 0.4) is 0 Å². The van der Waals surface area contributed by atoms with Gasteiger partial charge in [0.2, 0.25) is 0 Å². The molecule has 17 heavy (non-hydrogen) atoms. The summed E-state index contributed by atoms with van der Waals surface area (Å²) in [4.78, 5) is 12.1. The lowest BCUT2D eigenvalue weighted by atomic mass is 10.5. The molecule has 0 aromatic carbocycles. The molecule has 0 saturated heterocycles. The third kappa shape index (κ3) is 4.81. The van der Waals surface area contributed by atoms with E-state index in [-0.39, 0.29) is 18.8 Å². The fourth-order valence-corrected chi connectivity index (χ4v) is 0.947. The van der Waals surface area contributed by atoms with Gasteiger partial charge in [-0.1, -0.05) is 0 Å². The first-order chi connectivity index (χ1) is 7.92. The summed E-state index contributed by atoms with van der Waals surface area (Å²) < 4.78 is 43.1. The Labute approximate surface area is 94.3 Å². The second kappa shape index (κ2) is 5.62. The molecule has 0 spiro atoms. The van der Waals surface area contributed by atoms with Crippen molar-refractivity contribution in [2.75, 3.05) is 13.2 Å². The summed E-state index contributed by atoms with van der Waals surface area (Å²) in [6.45, 7) is 0.974. The largest absolute Gasteiger partial charge is 0.522 e. The fourth-order valence-electron chi connectivity index (χ4n) is 0.947. The number of nitrogens with zero attached hydrogens (tertiary/aromatic N) is 3. The molecule has 1 aromatic heterocycles. The van der Waals surface area contributed by atoms with Crippen molar-refractivity contribution in [2.45, 2.75) is 19.8 Å². The number of hydrogen-bond acceptors (Lipinski definition) is 5. The Bertz CT molecular complexity index is 378. The van der Waals surface area contributed by atoms with Crippen molar-refractivity contribution in [3.63, 3.8) is 0 Å². The number of aromatic nitrogens is 3. The molecule has 0 fully saturated rings. The van der Waals surface area contributed by atoms with Crippen LogP contribution in [0.25, 0.3) is 0 Å². The van der Waals surface area contributed by atoms with Crippen LogP contribution in [0.15, 0.2) is 6.20 Å². The number of ether oxygens (including phenoxy) is 2. The molecule has 1 heterocycles. The van der Waals surface area contributed by atoms with Crippen molar-refractivity contribution < 1.29 is 27.4 Å². The molecule has 1 aromatic rings. The van der Waals surface area contributed by atoms with Crippen molar-refractivity contribution in [1.29, 1.82) is 0 Å². The monoisotopic (exact) mass is 253 g/mol.